The number of carbonyl (C=O) groups excluding carboxylic acids is 1. The Bertz CT molecular complexity index is 568. The summed E-state index contributed by atoms with van der Waals surface area (Å²) >= 11 is 0. The largest absolute Gasteiger partial charge is 0.339 e. The summed E-state index contributed by atoms with van der Waals surface area (Å²) in [6.45, 7) is 0. The van der Waals surface area contributed by atoms with Crippen LogP contribution in [0.2, 0.25) is 0 Å². The first-order valence-corrected chi connectivity index (χ1v) is 6.05. The molecule has 1 aliphatic rings. The molecule has 2 aromatic rings. The van der Waals surface area contributed by atoms with E-state index in [2.05, 4.69) is 15.2 Å². The molecule has 0 saturated heterocycles. The molecule has 0 aliphatic heterocycles. The predicted molar refractivity (Wildman–Crippen MR) is 62.0 cm³/mol. The third kappa shape index (κ3) is 2.32. The average molecular weight is 246 g/mol. The molecular weight excluding hydrogens is 232 g/mol. The van der Waals surface area contributed by atoms with E-state index in [0.717, 1.165) is 6.42 Å². The molecule has 0 aromatic carbocycles. The molecular formula is C12H14N4O2. The Labute approximate surface area is 104 Å². The molecule has 0 bridgehead atoms. The van der Waals surface area contributed by atoms with Crippen LogP contribution in [-0.4, -0.2) is 25.7 Å². The summed E-state index contributed by atoms with van der Waals surface area (Å²) in [7, 11) is 1.74. The molecule has 6 heteroatoms. The van der Waals surface area contributed by atoms with Crippen molar-refractivity contribution >= 4 is 5.78 Å². The van der Waals surface area contributed by atoms with Gasteiger partial charge in [-0.05, 0) is 24.8 Å². The van der Waals surface area contributed by atoms with Gasteiger partial charge < -0.3 is 4.52 Å². The van der Waals surface area contributed by atoms with Gasteiger partial charge >= 0.3 is 0 Å². The summed E-state index contributed by atoms with van der Waals surface area (Å²) < 4.78 is 6.64. The van der Waals surface area contributed by atoms with Crippen LogP contribution in [-0.2, 0) is 19.9 Å². The highest BCUT2D eigenvalue weighted by molar-refractivity contribution is 5.95. The minimum Gasteiger partial charge on any atom is -0.339 e. The Kier molecular flexibility index (Phi) is 2.70. The standard InChI is InChI=1S/C12H14N4O2/c1-16-9(4-5-13-16)10(17)7-12-14-11(15-18-12)6-8-2-3-8/h4-5,8H,2-3,6-7H2,1H3. The summed E-state index contributed by atoms with van der Waals surface area (Å²) in [5.41, 5.74) is 0.553. The Hall–Kier alpha value is -1.98. The number of hydrogen-bond donors (Lipinski definition) is 0. The van der Waals surface area contributed by atoms with E-state index in [1.165, 1.54) is 12.8 Å². The molecule has 1 fully saturated rings. The Morgan fingerprint density at radius 1 is 1.56 bits per heavy atom. The second-order valence-electron chi connectivity index (χ2n) is 4.69. The van der Waals surface area contributed by atoms with E-state index in [-0.39, 0.29) is 12.2 Å². The smallest absolute Gasteiger partial charge is 0.234 e. The van der Waals surface area contributed by atoms with Crippen molar-refractivity contribution in [3.8, 4) is 0 Å². The van der Waals surface area contributed by atoms with Crippen LogP contribution >= 0.6 is 0 Å². The van der Waals surface area contributed by atoms with Gasteiger partial charge in [-0.15, -0.1) is 0 Å². The quantitative estimate of drug-likeness (QED) is 0.741. The number of rotatable bonds is 5. The average Bonchev–Trinajstić information content (AvgIpc) is 2.85. The van der Waals surface area contributed by atoms with E-state index in [1.807, 2.05) is 0 Å². The fourth-order valence-electron chi connectivity index (χ4n) is 1.90. The first kappa shape index (κ1) is 11.1. The number of nitrogens with zero attached hydrogens (tertiary/aromatic N) is 4. The molecule has 18 heavy (non-hydrogen) atoms. The van der Waals surface area contributed by atoms with Gasteiger partial charge in [-0.2, -0.15) is 10.1 Å². The highest BCUT2D eigenvalue weighted by Gasteiger charge is 2.24. The van der Waals surface area contributed by atoms with Gasteiger partial charge in [0.05, 0.1) is 6.42 Å². The van der Waals surface area contributed by atoms with E-state index in [4.69, 9.17) is 4.52 Å². The van der Waals surface area contributed by atoms with Crippen LogP contribution in [0.4, 0.5) is 0 Å². The molecule has 0 N–H and O–H groups in total. The lowest BCUT2D eigenvalue weighted by Crippen LogP contribution is -2.09. The van der Waals surface area contributed by atoms with Crippen molar-refractivity contribution in [1.29, 1.82) is 0 Å². The molecule has 3 rings (SSSR count). The number of hydrogen-bond acceptors (Lipinski definition) is 5. The zero-order valence-electron chi connectivity index (χ0n) is 10.2. The van der Waals surface area contributed by atoms with Crippen molar-refractivity contribution < 1.29 is 9.32 Å². The van der Waals surface area contributed by atoms with E-state index in [1.54, 1.807) is 24.0 Å². The number of aromatic nitrogens is 4. The van der Waals surface area contributed by atoms with Gasteiger partial charge in [-0.1, -0.05) is 5.16 Å². The molecule has 0 atom stereocenters. The first-order chi connectivity index (χ1) is 8.72. The molecule has 94 valence electrons. The third-order valence-corrected chi connectivity index (χ3v) is 3.10. The number of Topliss-reactive ketones (excluding diaryl/α,β-unsaturated/α-hetero) is 1. The van der Waals surface area contributed by atoms with Crippen LogP contribution < -0.4 is 0 Å². The van der Waals surface area contributed by atoms with Gasteiger partial charge in [0.2, 0.25) is 5.89 Å². The van der Waals surface area contributed by atoms with Crippen LogP contribution in [0.25, 0.3) is 0 Å². The molecule has 6 nitrogen and oxygen atoms in total. The summed E-state index contributed by atoms with van der Waals surface area (Å²) in [5, 5.41) is 7.85. The van der Waals surface area contributed by atoms with Crippen molar-refractivity contribution in [1.82, 2.24) is 19.9 Å². The molecule has 0 spiro atoms. The van der Waals surface area contributed by atoms with Crippen LogP contribution in [0.3, 0.4) is 0 Å². The Morgan fingerprint density at radius 2 is 2.39 bits per heavy atom. The second kappa shape index (κ2) is 4.36. The topological polar surface area (TPSA) is 73.8 Å². The fourth-order valence-corrected chi connectivity index (χ4v) is 1.90. The highest BCUT2D eigenvalue weighted by Crippen LogP contribution is 2.31. The number of ketones is 1. The minimum absolute atomic E-state index is 0.0587. The first-order valence-electron chi connectivity index (χ1n) is 6.05. The predicted octanol–water partition coefficient (Wildman–Crippen LogP) is 1.18. The Morgan fingerprint density at radius 3 is 3.06 bits per heavy atom. The lowest BCUT2D eigenvalue weighted by Gasteiger charge is -1.97. The van der Waals surface area contributed by atoms with E-state index in [0.29, 0.717) is 23.3 Å². The van der Waals surface area contributed by atoms with E-state index >= 15 is 0 Å². The maximum absolute atomic E-state index is 12.0. The van der Waals surface area contributed by atoms with E-state index < -0.39 is 0 Å². The maximum atomic E-state index is 12.0. The lowest BCUT2D eigenvalue weighted by molar-refractivity contribution is 0.0974. The lowest BCUT2D eigenvalue weighted by atomic mass is 10.2. The van der Waals surface area contributed by atoms with Crippen LogP contribution in [0.5, 0.6) is 0 Å². The molecule has 0 unspecified atom stereocenters. The van der Waals surface area contributed by atoms with Crippen molar-refractivity contribution in [2.24, 2.45) is 13.0 Å². The van der Waals surface area contributed by atoms with Crippen LogP contribution in [0.1, 0.15) is 35.0 Å². The summed E-state index contributed by atoms with van der Waals surface area (Å²) in [5.74, 6) is 1.75. The highest BCUT2D eigenvalue weighted by atomic mass is 16.5. The van der Waals surface area contributed by atoms with Gasteiger partial charge in [-0.25, -0.2) is 0 Å². The van der Waals surface area contributed by atoms with Crippen molar-refractivity contribution in [3.63, 3.8) is 0 Å². The van der Waals surface area contributed by atoms with Gasteiger partial charge in [-0.3, -0.25) is 9.48 Å². The normalized spacial score (nSPS) is 14.9. The second-order valence-corrected chi connectivity index (χ2v) is 4.69. The monoisotopic (exact) mass is 246 g/mol. The van der Waals surface area contributed by atoms with Gasteiger partial charge in [0, 0.05) is 19.7 Å². The summed E-state index contributed by atoms with van der Waals surface area (Å²) in [4.78, 5) is 16.2. The zero-order chi connectivity index (χ0) is 12.5. The Balaban J connectivity index is 1.66. The molecule has 2 aromatic heterocycles. The molecule has 2 heterocycles. The van der Waals surface area contributed by atoms with Gasteiger partial charge in [0.15, 0.2) is 11.6 Å². The summed E-state index contributed by atoms with van der Waals surface area (Å²) in [6.07, 6.45) is 5.09. The SMILES string of the molecule is Cn1nccc1C(=O)Cc1nc(CC2CC2)no1. The van der Waals surface area contributed by atoms with Crippen LogP contribution in [0.15, 0.2) is 16.8 Å². The maximum Gasteiger partial charge on any atom is 0.234 e. The number of aryl methyl sites for hydroxylation is 1. The molecule has 0 radical (unpaired) electrons. The summed E-state index contributed by atoms with van der Waals surface area (Å²) in [6, 6.07) is 1.68. The van der Waals surface area contributed by atoms with E-state index in [9.17, 15) is 4.79 Å². The molecule has 1 aliphatic carbocycles. The van der Waals surface area contributed by atoms with Gasteiger partial charge in [0.1, 0.15) is 5.69 Å². The third-order valence-electron chi connectivity index (χ3n) is 3.10. The zero-order valence-corrected chi connectivity index (χ0v) is 10.2. The van der Waals surface area contributed by atoms with Crippen molar-refractivity contribution in [2.45, 2.75) is 25.7 Å². The van der Waals surface area contributed by atoms with Crippen molar-refractivity contribution in [3.05, 3.63) is 29.7 Å². The molecule has 1 saturated carbocycles. The van der Waals surface area contributed by atoms with Gasteiger partial charge in [0.25, 0.3) is 0 Å². The van der Waals surface area contributed by atoms with Crippen molar-refractivity contribution in [2.75, 3.05) is 0 Å². The minimum atomic E-state index is -0.0587. The number of carbonyl (C=O) groups is 1. The van der Waals surface area contributed by atoms with Crippen LogP contribution in [0, 0.1) is 5.92 Å². The fraction of sp³-hybridized carbons (Fsp3) is 0.500. The molecule has 0 amide bonds.